The van der Waals surface area contributed by atoms with Crippen LogP contribution in [0.1, 0.15) is 25.5 Å². The van der Waals surface area contributed by atoms with Crippen molar-refractivity contribution in [3.05, 3.63) is 5.69 Å². The number of rotatable bonds is 4. The molecule has 0 spiro atoms. The van der Waals surface area contributed by atoms with Gasteiger partial charge in [0.1, 0.15) is 23.3 Å². The highest BCUT2D eigenvalue weighted by molar-refractivity contribution is 7.10. The molecule has 1 aromatic heterocycles. The lowest BCUT2D eigenvalue weighted by Gasteiger charge is -2.36. The standard InChI is InChI=1S/C12H17N5O2S/c1-2-13-11-8(14-15-20-11)6-16-7-10(18)17-5-3-4-9(17)12(16)19/h9,13H,2-7H2,1H3. The van der Waals surface area contributed by atoms with E-state index >= 15 is 0 Å². The second-order valence-electron chi connectivity index (χ2n) is 5.02. The highest BCUT2D eigenvalue weighted by atomic mass is 32.1. The number of nitrogens with zero attached hydrogens (tertiary/aromatic N) is 4. The van der Waals surface area contributed by atoms with E-state index in [2.05, 4.69) is 14.9 Å². The van der Waals surface area contributed by atoms with Crippen molar-refractivity contribution in [1.29, 1.82) is 0 Å². The van der Waals surface area contributed by atoms with Gasteiger partial charge in [0, 0.05) is 24.6 Å². The molecule has 2 amide bonds. The molecule has 2 aliphatic heterocycles. The molecule has 0 aromatic carbocycles. The van der Waals surface area contributed by atoms with E-state index < -0.39 is 0 Å². The Labute approximate surface area is 121 Å². The summed E-state index contributed by atoms with van der Waals surface area (Å²) in [6, 6.07) is -0.259. The summed E-state index contributed by atoms with van der Waals surface area (Å²) in [5.41, 5.74) is 0.740. The zero-order valence-corrected chi connectivity index (χ0v) is 12.2. The first-order valence-electron chi connectivity index (χ1n) is 6.84. The number of carbonyl (C=O) groups is 2. The number of piperazine rings is 1. The number of carbonyl (C=O) groups excluding carboxylic acids is 2. The van der Waals surface area contributed by atoms with Crippen LogP contribution in [0.25, 0.3) is 0 Å². The van der Waals surface area contributed by atoms with Crippen LogP contribution in [0.3, 0.4) is 0 Å². The zero-order chi connectivity index (χ0) is 14.1. The van der Waals surface area contributed by atoms with E-state index in [0.717, 1.165) is 30.1 Å². The van der Waals surface area contributed by atoms with Crippen molar-refractivity contribution in [1.82, 2.24) is 19.4 Å². The molecular formula is C12H17N5O2S. The molecule has 2 aliphatic rings. The van der Waals surface area contributed by atoms with Crippen molar-refractivity contribution in [2.75, 3.05) is 25.0 Å². The highest BCUT2D eigenvalue weighted by Gasteiger charge is 2.42. The third kappa shape index (κ3) is 2.24. The second-order valence-corrected chi connectivity index (χ2v) is 5.77. The van der Waals surface area contributed by atoms with E-state index in [-0.39, 0.29) is 24.4 Å². The molecule has 7 nitrogen and oxygen atoms in total. The summed E-state index contributed by atoms with van der Waals surface area (Å²) in [6.07, 6.45) is 1.69. The molecule has 0 radical (unpaired) electrons. The van der Waals surface area contributed by atoms with Gasteiger partial charge in [0.25, 0.3) is 0 Å². The predicted molar refractivity (Wildman–Crippen MR) is 74.2 cm³/mol. The SMILES string of the molecule is CCNc1snnc1CN1CC(=O)N2CCCC2C1=O. The number of aromatic nitrogens is 2. The lowest BCUT2D eigenvalue weighted by Crippen LogP contribution is -2.56. The van der Waals surface area contributed by atoms with Crippen molar-refractivity contribution >= 4 is 28.3 Å². The van der Waals surface area contributed by atoms with Crippen LogP contribution >= 0.6 is 11.5 Å². The summed E-state index contributed by atoms with van der Waals surface area (Å²) in [4.78, 5) is 27.8. The van der Waals surface area contributed by atoms with Crippen LogP contribution in [-0.4, -0.2) is 56.9 Å². The molecule has 0 saturated carbocycles. The lowest BCUT2D eigenvalue weighted by atomic mass is 10.1. The number of nitrogens with one attached hydrogen (secondary N) is 1. The maximum atomic E-state index is 12.4. The number of hydrogen-bond acceptors (Lipinski definition) is 6. The van der Waals surface area contributed by atoms with Crippen LogP contribution in [0.5, 0.6) is 0 Å². The quantitative estimate of drug-likeness (QED) is 0.864. The summed E-state index contributed by atoms with van der Waals surface area (Å²) in [6.45, 7) is 3.99. The Hall–Kier alpha value is -1.70. The Morgan fingerprint density at radius 1 is 1.45 bits per heavy atom. The molecule has 2 saturated heterocycles. The fraction of sp³-hybridized carbons (Fsp3) is 0.667. The van der Waals surface area contributed by atoms with Crippen LogP contribution in [0.4, 0.5) is 5.00 Å². The van der Waals surface area contributed by atoms with Crippen molar-refractivity contribution in [3.8, 4) is 0 Å². The van der Waals surface area contributed by atoms with E-state index in [0.29, 0.717) is 13.1 Å². The second kappa shape index (κ2) is 5.35. The van der Waals surface area contributed by atoms with Gasteiger partial charge in [-0.05, 0) is 19.8 Å². The van der Waals surface area contributed by atoms with Gasteiger partial charge in [0.2, 0.25) is 11.8 Å². The van der Waals surface area contributed by atoms with Crippen LogP contribution in [-0.2, 0) is 16.1 Å². The van der Waals surface area contributed by atoms with Gasteiger partial charge >= 0.3 is 0 Å². The molecule has 1 N–H and O–H groups in total. The summed E-state index contributed by atoms with van der Waals surface area (Å²) in [5.74, 6) is 0.0813. The fourth-order valence-corrected chi connectivity index (χ4v) is 3.43. The molecule has 2 fully saturated rings. The molecule has 0 aliphatic carbocycles. The van der Waals surface area contributed by atoms with Gasteiger partial charge in [-0.1, -0.05) is 4.49 Å². The van der Waals surface area contributed by atoms with Gasteiger partial charge in [-0.25, -0.2) is 0 Å². The first kappa shape index (κ1) is 13.3. The number of fused-ring (bicyclic) bond motifs is 1. The fourth-order valence-electron chi connectivity index (χ4n) is 2.79. The van der Waals surface area contributed by atoms with Crippen molar-refractivity contribution < 1.29 is 9.59 Å². The Morgan fingerprint density at radius 3 is 3.10 bits per heavy atom. The summed E-state index contributed by atoms with van der Waals surface area (Å²) in [5, 5.41) is 8.12. The minimum atomic E-state index is -0.259. The number of amides is 2. The van der Waals surface area contributed by atoms with E-state index in [9.17, 15) is 9.59 Å². The van der Waals surface area contributed by atoms with Crippen LogP contribution in [0.2, 0.25) is 0 Å². The Balaban J connectivity index is 1.75. The molecule has 20 heavy (non-hydrogen) atoms. The van der Waals surface area contributed by atoms with Gasteiger partial charge in [-0.2, -0.15) is 0 Å². The Morgan fingerprint density at radius 2 is 2.30 bits per heavy atom. The van der Waals surface area contributed by atoms with Gasteiger partial charge in [0.15, 0.2) is 0 Å². The topological polar surface area (TPSA) is 78.4 Å². The molecular weight excluding hydrogens is 278 g/mol. The van der Waals surface area contributed by atoms with E-state index in [1.54, 1.807) is 9.80 Å². The smallest absolute Gasteiger partial charge is 0.246 e. The highest BCUT2D eigenvalue weighted by Crippen LogP contribution is 2.26. The van der Waals surface area contributed by atoms with E-state index in [1.807, 2.05) is 6.92 Å². The maximum Gasteiger partial charge on any atom is 0.246 e. The summed E-state index contributed by atoms with van der Waals surface area (Å²) >= 11 is 1.28. The minimum Gasteiger partial charge on any atom is -0.374 e. The largest absolute Gasteiger partial charge is 0.374 e. The van der Waals surface area contributed by atoms with E-state index in [1.165, 1.54) is 11.5 Å². The van der Waals surface area contributed by atoms with Crippen LogP contribution in [0, 0.1) is 0 Å². The van der Waals surface area contributed by atoms with Crippen LogP contribution < -0.4 is 5.32 Å². The molecule has 108 valence electrons. The average molecular weight is 295 g/mol. The first-order chi connectivity index (χ1) is 9.70. The molecule has 0 bridgehead atoms. The lowest BCUT2D eigenvalue weighted by molar-refractivity contribution is -0.154. The van der Waals surface area contributed by atoms with Gasteiger partial charge in [-0.15, -0.1) is 5.10 Å². The van der Waals surface area contributed by atoms with Gasteiger partial charge in [0.05, 0.1) is 6.54 Å². The molecule has 1 aromatic rings. The molecule has 3 rings (SSSR count). The van der Waals surface area contributed by atoms with Gasteiger partial charge in [-0.3, -0.25) is 9.59 Å². The molecule has 3 heterocycles. The van der Waals surface area contributed by atoms with Crippen molar-refractivity contribution in [2.45, 2.75) is 32.4 Å². The summed E-state index contributed by atoms with van der Waals surface area (Å²) < 4.78 is 3.91. The third-order valence-electron chi connectivity index (χ3n) is 3.73. The van der Waals surface area contributed by atoms with E-state index in [4.69, 9.17) is 0 Å². The first-order valence-corrected chi connectivity index (χ1v) is 7.61. The average Bonchev–Trinajstić information content (AvgIpc) is 3.06. The minimum absolute atomic E-state index is 0.0394. The zero-order valence-electron chi connectivity index (χ0n) is 11.3. The summed E-state index contributed by atoms with van der Waals surface area (Å²) in [7, 11) is 0. The van der Waals surface area contributed by atoms with Crippen molar-refractivity contribution in [3.63, 3.8) is 0 Å². The Kier molecular flexibility index (Phi) is 3.56. The third-order valence-corrected chi connectivity index (χ3v) is 4.46. The predicted octanol–water partition coefficient (Wildman–Crippen LogP) is 0.303. The number of anilines is 1. The molecule has 1 unspecified atom stereocenters. The monoisotopic (exact) mass is 295 g/mol. The van der Waals surface area contributed by atoms with Gasteiger partial charge < -0.3 is 15.1 Å². The normalized spacial score (nSPS) is 22.4. The molecule has 8 heteroatoms. The maximum absolute atomic E-state index is 12.4. The Bertz CT molecular complexity index is 532. The number of hydrogen-bond donors (Lipinski definition) is 1. The van der Waals surface area contributed by atoms with Crippen LogP contribution in [0.15, 0.2) is 0 Å². The van der Waals surface area contributed by atoms with Crippen molar-refractivity contribution in [2.24, 2.45) is 0 Å². The molecule has 1 atom stereocenters.